The van der Waals surface area contributed by atoms with Gasteiger partial charge < -0.3 is 28.5 Å². The van der Waals surface area contributed by atoms with Gasteiger partial charge in [0.25, 0.3) is 0 Å². The molecule has 1 aromatic heterocycles. The maximum atomic E-state index is 12.9. The summed E-state index contributed by atoms with van der Waals surface area (Å²) in [5.74, 6) is -0.647. The molecule has 0 aliphatic rings. The van der Waals surface area contributed by atoms with Gasteiger partial charge in [0.1, 0.15) is 11.7 Å². The molecule has 0 aliphatic carbocycles. The van der Waals surface area contributed by atoms with Crippen molar-refractivity contribution in [2.75, 3.05) is 14.2 Å². The van der Waals surface area contributed by atoms with Crippen molar-refractivity contribution in [1.29, 1.82) is 0 Å². The lowest BCUT2D eigenvalue weighted by molar-refractivity contribution is -0.312. The van der Waals surface area contributed by atoms with Crippen LogP contribution in [0.2, 0.25) is 0 Å². The Hall–Kier alpha value is -3.48. The SMILES string of the molecule is COc1ccc(-c2oc3ccccc3c(=O)c2OC(C)C(=O)[O-])cc1OC. The van der Waals surface area contributed by atoms with Crippen LogP contribution >= 0.6 is 0 Å². The quantitative estimate of drug-likeness (QED) is 0.655. The van der Waals surface area contributed by atoms with E-state index in [-0.39, 0.29) is 16.9 Å². The van der Waals surface area contributed by atoms with Crippen molar-refractivity contribution in [1.82, 2.24) is 0 Å². The first-order chi connectivity index (χ1) is 13.0. The number of hydrogen-bond acceptors (Lipinski definition) is 7. The van der Waals surface area contributed by atoms with Crippen LogP contribution in [0, 0.1) is 0 Å². The van der Waals surface area contributed by atoms with Crippen LogP contribution in [0.4, 0.5) is 0 Å². The van der Waals surface area contributed by atoms with Gasteiger partial charge in [-0.2, -0.15) is 0 Å². The third kappa shape index (κ3) is 3.44. The predicted molar refractivity (Wildman–Crippen MR) is 96.1 cm³/mol. The summed E-state index contributed by atoms with van der Waals surface area (Å²) in [4.78, 5) is 24.0. The third-order valence-corrected chi connectivity index (χ3v) is 4.03. The predicted octanol–water partition coefficient (Wildman–Crippen LogP) is 1.99. The Labute approximate surface area is 154 Å². The summed E-state index contributed by atoms with van der Waals surface area (Å²) in [7, 11) is 2.98. The molecule has 1 atom stereocenters. The number of rotatable bonds is 6. The maximum absolute atomic E-state index is 12.9. The van der Waals surface area contributed by atoms with E-state index in [1.165, 1.54) is 21.1 Å². The smallest absolute Gasteiger partial charge is 0.235 e. The van der Waals surface area contributed by atoms with E-state index in [9.17, 15) is 14.7 Å². The molecular weight excluding hydrogens is 352 g/mol. The monoisotopic (exact) mass is 369 g/mol. The number of fused-ring (bicyclic) bond motifs is 1. The van der Waals surface area contributed by atoms with E-state index in [2.05, 4.69) is 0 Å². The number of ether oxygens (including phenoxy) is 3. The first kappa shape index (κ1) is 18.3. The van der Waals surface area contributed by atoms with E-state index >= 15 is 0 Å². The topological polar surface area (TPSA) is 98.0 Å². The number of carbonyl (C=O) groups excluding carboxylic acids is 1. The number of carbonyl (C=O) groups is 1. The number of carboxylic acids is 1. The van der Waals surface area contributed by atoms with Gasteiger partial charge in [-0.05, 0) is 37.3 Å². The average molecular weight is 369 g/mol. The van der Waals surface area contributed by atoms with Crippen LogP contribution in [0.3, 0.4) is 0 Å². The maximum Gasteiger partial charge on any atom is 0.235 e. The van der Waals surface area contributed by atoms with Crippen molar-refractivity contribution in [3.8, 4) is 28.6 Å². The highest BCUT2D eigenvalue weighted by molar-refractivity contribution is 5.82. The standard InChI is InChI=1S/C20H18O7/c1-11(20(22)23)26-19-17(21)13-6-4-5-7-14(13)27-18(19)12-8-9-15(24-2)16(10-12)25-3/h4-11H,1-3H3,(H,22,23)/p-1. The van der Waals surface area contributed by atoms with E-state index < -0.39 is 17.5 Å². The van der Waals surface area contributed by atoms with Gasteiger partial charge in [-0.15, -0.1) is 0 Å². The normalized spacial score (nSPS) is 11.8. The molecule has 0 radical (unpaired) electrons. The molecule has 1 heterocycles. The lowest BCUT2D eigenvalue weighted by atomic mass is 10.1. The number of aliphatic carboxylic acids is 1. The highest BCUT2D eigenvalue weighted by atomic mass is 16.5. The number of hydrogen-bond donors (Lipinski definition) is 0. The largest absolute Gasteiger partial charge is 0.546 e. The molecule has 3 rings (SSSR count). The Morgan fingerprint density at radius 2 is 1.78 bits per heavy atom. The lowest BCUT2D eigenvalue weighted by Gasteiger charge is -2.18. The summed E-state index contributed by atoms with van der Waals surface area (Å²) in [6.07, 6.45) is -1.34. The zero-order valence-electron chi connectivity index (χ0n) is 15.0. The van der Waals surface area contributed by atoms with Gasteiger partial charge in [0, 0.05) is 5.56 Å². The van der Waals surface area contributed by atoms with E-state index in [0.29, 0.717) is 22.6 Å². The van der Waals surface area contributed by atoms with Crippen molar-refractivity contribution in [2.45, 2.75) is 13.0 Å². The number of benzene rings is 2. The second-order valence-corrected chi connectivity index (χ2v) is 5.73. The summed E-state index contributed by atoms with van der Waals surface area (Å²) in [6.45, 7) is 1.28. The van der Waals surface area contributed by atoms with E-state index in [1.807, 2.05) is 0 Å². The Kier molecular flexibility index (Phi) is 5.03. The molecule has 0 amide bonds. The Morgan fingerprint density at radius 1 is 1.07 bits per heavy atom. The van der Waals surface area contributed by atoms with E-state index in [4.69, 9.17) is 18.6 Å². The van der Waals surface area contributed by atoms with Crippen LogP contribution in [0.1, 0.15) is 6.92 Å². The molecule has 0 saturated heterocycles. The van der Waals surface area contributed by atoms with E-state index in [1.54, 1.807) is 42.5 Å². The zero-order valence-corrected chi connectivity index (χ0v) is 15.0. The molecule has 2 aromatic carbocycles. The molecular formula is C20H17O7-. The minimum Gasteiger partial charge on any atom is -0.546 e. The number of para-hydroxylation sites is 1. The summed E-state index contributed by atoms with van der Waals surface area (Å²) < 4.78 is 21.8. The second kappa shape index (κ2) is 7.41. The molecule has 7 nitrogen and oxygen atoms in total. The summed E-state index contributed by atoms with van der Waals surface area (Å²) in [6, 6.07) is 11.6. The molecule has 1 unspecified atom stereocenters. The fourth-order valence-corrected chi connectivity index (χ4v) is 2.62. The van der Waals surface area contributed by atoms with Crippen LogP contribution in [0.15, 0.2) is 51.7 Å². The van der Waals surface area contributed by atoms with Crippen LogP contribution in [0.25, 0.3) is 22.3 Å². The molecule has 0 N–H and O–H groups in total. The van der Waals surface area contributed by atoms with Gasteiger partial charge in [-0.25, -0.2) is 0 Å². The summed E-state index contributed by atoms with van der Waals surface area (Å²) >= 11 is 0. The lowest BCUT2D eigenvalue weighted by Crippen LogP contribution is -2.38. The first-order valence-electron chi connectivity index (χ1n) is 8.12. The number of carboxylic acid groups (broad SMARTS) is 1. The minimum atomic E-state index is -1.44. The Balaban J connectivity index is 2.27. The molecule has 7 heteroatoms. The van der Waals surface area contributed by atoms with Gasteiger partial charge in [0.2, 0.25) is 11.2 Å². The fraction of sp³-hybridized carbons (Fsp3) is 0.200. The molecule has 0 spiro atoms. The number of methoxy groups -OCH3 is 2. The van der Waals surface area contributed by atoms with E-state index in [0.717, 1.165) is 0 Å². The summed E-state index contributed by atoms with van der Waals surface area (Å²) in [5.41, 5.74) is 0.339. The van der Waals surface area contributed by atoms with Gasteiger partial charge in [-0.1, -0.05) is 12.1 Å². The summed E-state index contributed by atoms with van der Waals surface area (Å²) in [5, 5.41) is 11.4. The molecule has 3 aromatic rings. The van der Waals surface area contributed by atoms with Gasteiger partial charge in [0.05, 0.1) is 25.6 Å². The van der Waals surface area contributed by atoms with Crippen LogP contribution in [-0.4, -0.2) is 26.3 Å². The van der Waals surface area contributed by atoms with Crippen molar-refractivity contribution in [3.05, 3.63) is 52.7 Å². The van der Waals surface area contributed by atoms with Gasteiger partial charge in [-0.3, -0.25) is 4.79 Å². The molecule has 0 bridgehead atoms. The Morgan fingerprint density at radius 3 is 2.44 bits per heavy atom. The second-order valence-electron chi connectivity index (χ2n) is 5.73. The zero-order chi connectivity index (χ0) is 19.6. The first-order valence-corrected chi connectivity index (χ1v) is 8.12. The van der Waals surface area contributed by atoms with Crippen molar-refractivity contribution >= 4 is 16.9 Å². The Bertz CT molecular complexity index is 1050. The van der Waals surface area contributed by atoms with Crippen molar-refractivity contribution in [2.24, 2.45) is 0 Å². The minimum absolute atomic E-state index is 0.0905. The van der Waals surface area contributed by atoms with Crippen LogP contribution in [0.5, 0.6) is 17.2 Å². The highest BCUT2D eigenvalue weighted by Crippen LogP contribution is 2.36. The third-order valence-electron chi connectivity index (χ3n) is 4.03. The molecule has 27 heavy (non-hydrogen) atoms. The molecule has 0 fully saturated rings. The fourth-order valence-electron chi connectivity index (χ4n) is 2.62. The van der Waals surface area contributed by atoms with Gasteiger partial charge in [0.15, 0.2) is 17.3 Å². The van der Waals surface area contributed by atoms with Crippen LogP contribution in [-0.2, 0) is 4.79 Å². The average Bonchev–Trinajstić information content (AvgIpc) is 2.69. The van der Waals surface area contributed by atoms with Gasteiger partial charge >= 0.3 is 0 Å². The highest BCUT2D eigenvalue weighted by Gasteiger charge is 2.21. The van der Waals surface area contributed by atoms with Crippen molar-refractivity contribution < 1.29 is 28.5 Å². The van der Waals surface area contributed by atoms with Crippen molar-refractivity contribution in [3.63, 3.8) is 0 Å². The molecule has 140 valence electrons. The molecule has 0 aliphatic heterocycles. The molecule has 0 saturated carbocycles. The van der Waals surface area contributed by atoms with Crippen LogP contribution < -0.4 is 24.7 Å².